The van der Waals surface area contributed by atoms with Crippen molar-refractivity contribution >= 4 is 104 Å². The molecule has 15 aromatic rings. The summed E-state index contributed by atoms with van der Waals surface area (Å²) in [5, 5.41) is 8.96. The Bertz CT molecular complexity index is 4670. The van der Waals surface area contributed by atoms with Crippen LogP contribution in [0.25, 0.3) is 155 Å². The van der Waals surface area contributed by atoms with Gasteiger partial charge in [-0.15, -0.1) is 0 Å². The van der Waals surface area contributed by atoms with Gasteiger partial charge in [-0.2, -0.15) is 0 Å². The molecule has 5 heterocycles. The van der Waals surface area contributed by atoms with Crippen molar-refractivity contribution in [1.29, 1.82) is 0 Å². The third kappa shape index (κ3) is 6.40. The molecule has 1 N–H and O–H groups in total. The van der Waals surface area contributed by atoms with Gasteiger partial charge in [0, 0.05) is 76.4 Å². The maximum absolute atomic E-state index is 6.81. The first kappa shape index (κ1) is 39.9. The molecule has 0 aliphatic heterocycles. The van der Waals surface area contributed by atoms with Gasteiger partial charge >= 0.3 is 0 Å². The first-order valence-electron chi connectivity index (χ1n) is 23.6. The maximum atomic E-state index is 6.81. The van der Waals surface area contributed by atoms with Crippen molar-refractivity contribution in [2.45, 2.75) is 0 Å². The van der Waals surface area contributed by atoms with Crippen LogP contribution in [0.1, 0.15) is 0 Å². The third-order valence-electron chi connectivity index (χ3n) is 14.2. The van der Waals surface area contributed by atoms with E-state index in [1.807, 2.05) is 36.4 Å². The van der Waals surface area contributed by atoms with Crippen molar-refractivity contribution in [3.63, 3.8) is 0 Å². The zero-order chi connectivity index (χ0) is 46.7. The normalized spacial score (nSPS) is 12.0. The van der Waals surface area contributed by atoms with Gasteiger partial charge in [-0.1, -0.05) is 152 Å². The van der Waals surface area contributed by atoms with E-state index in [2.05, 4.69) is 197 Å². The summed E-state index contributed by atoms with van der Waals surface area (Å²) in [5.41, 5.74) is 18.8. The number of para-hydroxylation sites is 5. The summed E-state index contributed by atoms with van der Waals surface area (Å²) in [4.78, 5) is 13.5. The molecule has 0 aliphatic rings. The van der Waals surface area contributed by atoms with E-state index in [1.165, 1.54) is 10.8 Å². The van der Waals surface area contributed by atoms with Crippen LogP contribution in [-0.4, -0.2) is 15.0 Å². The Hall–Kier alpha value is -9.04. The zero-order valence-electron chi connectivity index (χ0n) is 37.7. The van der Waals surface area contributed by atoms with E-state index >= 15 is 0 Å². The zero-order valence-corrected chi connectivity index (χ0v) is 39.3. The lowest BCUT2D eigenvalue weighted by Crippen LogP contribution is -1.93. The molecule has 332 valence electrons. The number of halogens is 1. The van der Waals surface area contributed by atoms with E-state index in [0.29, 0.717) is 10.4 Å². The fourth-order valence-electron chi connectivity index (χ4n) is 10.8. The second-order valence-electron chi connectivity index (χ2n) is 18.3. The van der Waals surface area contributed by atoms with Crippen LogP contribution in [0.3, 0.4) is 0 Å². The quantitative estimate of drug-likeness (QED) is 0.168. The number of hydrogen-bond donors (Lipinski definition) is 1. The third-order valence-corrected chi connectivity index (χ3v) is 14.6. The minimum absolute atomic E-state index is 0.635. The van der Waals surface area contributed by atoms with Gasteiger partial charge in [-0.3, -0.25) is 0 Å². The largest absolute Gasteiger partial charge is 0.456 e. The average molecular weight is 975 g/mol. The Labute approximate surface area is 413 Å². The highest BCUT2D eigenvalue weighted by atomic mass is 79.9. The van der Waals surface area contributed by atoms with Crippen LogP contribution in [0.4, 0.5) is 0 Å². The van der Waals surface area contributed by atoms with E-state index in [0.717, 1.165) is 138 Å². The summed E-state index contributed by atoms with van der Waals surface area (Å²) in [6.07, 6.45) is 0. The van der Waals surface area contributed by atoms with Gasteiger partial charge in [0.2, 0.25) is 0 Å². The van der Waals surface area contributed by atoms with Crippen LogP contribution in [0.5, 0.6) is 0 Å². The van der Waals surface area contributed by atoms with Gasteiger partial charge < -0.3 is 18.2 Å². The molecule has 0 spiro atoms. The molecule has 6 nitrogen and oxygen atoms in total. The standard InChI is InChI=1S/C64H36BrN3O3/c65-60-35-55(42-26-29-48-46-11-1-3-19-56(46)69-58(48)34-42)67-64(68-60)37-23-21-36(22-24-37)38-25-28-49-52-18-7-14-44(63(52)71-59(49)33-38)40-10-5-9-39(31-40)43-13-6-16-50-53-32-41(27-30-54(53)66-61(43)50)45-15-8-17-51-47-12-2-4-20-57(47)70-62(45)51/h1-35,66H. The molecule has 0 aliphatic carbocycles. The average Bonchev–Trinajstić information content (AvgIpc) is 4.20. The maximum Gasteiger partial charge on any atom is 0.161 e. The van der Waals surface area contributed by atoms with E-state index in [9.17, 15) is 0 Å². The minimum Gasteiger partial charge on any atom is -0.456 e. The van der Waals surface area contributed by atoms with Crippen LogP contribution >= 0.6 is 15.9 Å². The van der Waals surface area contributed by atoms with Crippen molar-refractivity contribution in [1.82, 2.24) is 15.0 Å². The predicted molar refractivity (Wildman–Crippen MR) is 294 cm³/mol. The van der Waals surface area contributed by atoms with Crippen molar-refractivity contribution in [2.75, 3.05) is 0 Å². The minimum atomic E-state index is 0.635. The number of H-pyrrole nitrogens is 1. The number of nitrogens with zero attached hydrogens (tertiary/aromatic N) is 2. The summed E-state index contributed by atoms with van der Waals surface area (Å²) in [7, 11) is 0. The molecule has 0 saturated heterocycles. The second-order valence-corrected chi connectivity index (χ2v) is 19.1. The van der Waals surface area contributed by atoms with Crippen LogP contribution in [0.15, 0.2) is 230 Å². The Morgan fingerprint density at radius 3 is 1.62 bits per heavy atom. The summed E-state index contributed by atoms with van der Waals surface area (Å²) < 4.78 is 20.1. The molecule has 0 radical (unpaired) electrons. The van der Waals surface area contributed by atoms with E-state index < -0.39 is 0 Å². The molecule has 71 heavy (non-hydrogen) atoms. The summed E-state index contributed by atoms with van der Waals surface area (Å²) in [6.45, 7) is 0. The number of fused-ring (bicyclic) bond motifs is 12. The predicted octanol–water partition coefficient (Wildman–Crippen LogP) is 18.6. The molecular formula is C64H36BrN3O3. The number of aromatic nitrogens is 3. The van der Waals surface area contributed by atoms with Crippen molar-refractivity contribution < 1.29 is 13.3 Å². The van der Waals surface area contributed by atoms with E-state index in [-0.39, 0.29) is 0 Å². The van der Waals surface area contributed by atoms with Crippen molar-refractivity contribution in [2.24, 2.45) is 0 Å². The Morgan fingerprint density at radius 1 is 0.324 bits per heavy atom. The van der Waals surface area contributed by atoms with Gasteiger partial charge in [0.05, 0.1) is 11.2 Å². The molecule has 0 fully saturated rings. The number of nitrogens with one attached hydrogen (secondary N) is 1. The highest BCUT2D eigenvalue weighted by molar-refractivity contribution is 9.10. The Balaban J connectivity index is 0.741. The molecule has 0 bridgehead atoms. The molecule has 7 heteroatoms. The SMILES string of the molecule is Brc1cc(-c2ccc3c(c2)oc2ccccc23)nc(-c2ccc(-c3ccc4c(c3)oc3c(-c5cccc(-c6cccc7c6[nH]c6ccc(-c8cccc9c8oc8ccccc89)cc67)c5)cccc34)cc2)n1. The van der Waals surface area contributed by atoms with Crippen LogP contribution < -0.4 is 0 Å². The molecule has 0 unspecified atom stereocenters. The van der Waals surface area contributed by atoms with Gasteiger partial charge in [-0.05, 0) is 104 Å². The molecule has 5 aromatic heterocycles. The van der Waals surface area contributed by atoms with Crippen LogP contribution in [0, 0.1) is 0 Å². The molecule has 15 rings (SSSR count). The van der Waals surface area contributed by atoms with E-state index in [1.54, 1.807) is 0 Å². The molecule has 0 saturated carbocycles. The fraction of sp³-hybridized carbons (Fsp3) is 0. The Kier molecular flexibility index (Phi) is 8.70. The number of benzene rings is 10. The van der Waals surface area contributed by atoms with Crippen molar-refractivity contribution in [3.8, 4) is 67.2 Å². The smallest absolute Gasteiger partial charge is 0.161 e. The van der Waals surface area contributed by atoms with Gasteiger partial charge in [-0.25, -0.2) is 9.97 Å². The lowest BCUT2D eigenvalue weighted by molar-refractivity contribution is 0.669. The first-order chi connectivity index (χ1) is 35.0. The first-order valence-corrected chi connectivity index (χ1v) is 24.4. The fourth-order valence-corrected chi connectivity index (χ4v) is 11.1. The van der Waals surface area contributed by atoms with Crippen LogP contribution in [0.2, 0.25) is 0 Å². The second kappa shape index (κ2) is 15.5. The lowest BCUT2D eigenvalue weighted by Gasteiger charge is -2.08. The molecule has 0 atom stereocenters. The number of aromatic amines is 1. The highest BCUT2D eigenvalue weighted by Crippen LogP contribution is 2.42. The molecule has 0 amide bonds. The number of rotatable bonds is 6. The molecule has 10 aromatic carbocycles. The van der Waals surface area contributed by atoms with Gasteiger partial charge in [0.1, 0.15) is 38.1 Å². The molecular weight excluding hydrogens is 939 g/mol. The lowest BCUT2D eigenvalue weighted by atomic mass is 9.96. The van der Waals surface area contributed by atoms with Crippen LogP contribution in [-0.2, 0) is 0 Å². The number of furan rings is 3. The van der Waals surface area contributed by atoms with Gasteiger partial charge in [0.25, 0.3) is 0 Å². The van der Waals surface area contributed by atoms with Gasteiger partial charge in [0.15, 0.2) is 5.82 Å². The van der Waals surface area contributed by atoms with E-state index in [4.69, 9.17) is 23.2 Å². The summed E-state index contributed by atoms with van der Waals surface area (Å²) >= 11 is 3.65. The topological polar surface area (TPSA) is 81.0 Å². The number of hydrogen-bond acceptors (Lipinski definition) is 5. The highest BCUT2D eigenvalue weighted by Gasteiger charge is 2.18. The summed E-state index contributed by atoms with van der Waals surface area (Å²) in [5.74, 6) is 0.635. The summed E-state index contributed by atoms with van der Waals surface area (Å²) in [6, 6.07) is 74.3. The monoisotopic (exact) mass is 973 g/mol. The van der Waals surface area contributed by atoms with Crippen molar-refractivity contribution in [3.05, 3.63) is 217 Å². The Morgan fingerprint density at radius 2 is 0.845 bits per heavy atom.